The number of hydrogen-bond donors (Lipinski definition) is 2. The third kappa shape index (κ3) is 3.62. The van der Waals surface area contributed by atoms with Gasteiger partial charge in [-0.15, -0.1) is 23.1 Å². The van der Waals surface area contributed by atoms with Gasteiger partial charge < -0.3 is 10.6 Å². The number of rotatable bonds is 3. The summed E-state index contributed by atoms with van der Waals surface area (Å²) in [6.45, 7) is 0. The normalized spacial score (nSPS) is 13.0. The van der Waals surface area contributed by atoms with Crippen LogP contribution in [-0.4, -0.2) is 22.6 Å². The van der Waals surface area contributed by atoms with Crippen molar-refractivity contribution in [3.63, 3.8) is 0 Å². The number of anilines is 2. The van der Waals surface area contributed by atoms with E-state index in [9.17, 15) is 9.59 Å². The second-order valence-electron chi connectivity index (χ2n) is 6.57. The van der Waals surface area contributed by atoms with Crippen LogP contribution in [0.15, 0.2) is 71.6 Å². The summed E-state index contributed by atoms with van der Waals surface area (Å²) in [6, 6.07) is 21.0. The van der Waals surface area contributed by atoms with Crippen LogP contribution in [-0.2, 0) is 4.79 Å². The number of hydrogen-bond acceptors (Lipinski definition) is 5. The number of aromatic nitrogens is 1. The highest BCUT2D eigenvalue weighted by atomic mass is 32.2. The molecule has 1 aromatic heterocycles. The zero-order chi connectivity index (χ0) is 19.8. The molecule has 2 amide bonds. The molecule has 0 saturated heterocycles. The highest BCUT2D eigenvalue weighted by Crippen LogP contribution is 2.33. The van der Waals surface area contributed by atoms with E-state index in [1.165, 1.54) is 11.8 Å². The van der Waals surface area contributed by atoms with Crippen LogP contribution in [0.2, 0.25) is 0 Å². The van der Waals surface area contributed by atoms with Gasteiger partial charge in [0.15, 0.2) is 0 Å². The third-order valence-corrected chi connectivity index (χ3v) is 6.69. The Kier molecular flexibility index (Phi) is 4.54. The maximum atomic E-state index is 12.7. The summed E-state index contributed by atoms with van der Waals surface area (Å²) in [5.74, 6) is 0.125. The van der Waals surface area contributed by atoms with Gasteiger partial charge in [0.25, 0.3) is 5.91 Å². The van der Waals surface area contributed by atoms with Gasteiger partial charge in [-0.3, -0.25) is 9.59 Å². The fourth-order valence-electron chi connectivity index (χ4n) is 3.15. The molecule has 0 unspecified atom stereocenters. The molecule has 1 aliphatic rings. The number of thioether (sulfide) groups is 1. The van der Waals surface area contributed by atoms with Crippen LogP contribution < -0.4 is 10.6 Å². The smallest absolute Gasteiger partial charge is 0.255 e. The van der Waals surface area contributed by atoms with Crippen molar-refractivity contribution in [2.24, 2.45) is 0 Å². The van der Waals surface area contributed by atoms with Crippen molar-refractivity contribution in [1.82, 2.24) is 4.98 Å². The summed E-state index contributed by atoms with van der Waals surface area (Å²) in [7, 11) is 0. The Bertz CT molecular complexity index is 1230. The topological polar surface area (TPSA) is 71.1 Å². The molecule has 4 aromatic rings. The molecule has 2 N–H and O–H groups in total. The first kappa shape index (κ1) is 17.9. The molecule has 0 saturated carbocycles. The van der Waals surface area contributed by atoms with E-state index in [1.54, 1.807) is 23.5 Å². The molecule has 7 heteroatoms. The molecule has 1 aliphatic heterocycles. The molecule has 0 radical (unpaired) electrons. The zero-order valence-electron chi connectivity index (χ0n) is 15.1. The predicted molar refractivity (Wildman–Crippen MR) is 119 cm³/mol. The first-order chi connectivity index (χ1) is 14.2. The zero-order valence-corrected chi connectivity index (χ0v) is 16.8. The second-order valence-corrected chi connectivity index (χ2v) is 8.62. The van der Waals surface area contributed by atoms with Gasteiger partial charge in [0.2, 0.25) is 5.91 Å². The van der Waals surface area contributed by atoms with Crippen molar-refractivity contribution in [1.29, 1.82) is 0 Å². The summed E-state index contributed by atoms with van der Waals surface area (Å²) >= 11 is 3.10. The number of para-hydroxylation sites is 1. The molecule has 5 nitrogen and oxygen atoms in total. The Morgan fingerprint density at radius 3 is 2.83 bits per heavy atom. The van der Waals surface area contributed by atoms with Crippen LogP contribution in [0.5, 0.6) is 0 Å². The van der Waals surface area contributed by atoms with Crippen LogP contribution in [0.4, 0.5) is 11.4 Å². The van der Waals surface area contributed by atoms with Crippen molar-refractivity contribution in [3.8, 4) is 10.6 Å². The van der Waals surface area contributed by atoms with Gasteiger partial charge in [0, 0.05) is 21.7 Å². The van der Waals surface area contributed by atoms with Gasteiger partial charge in [0.1, 0.15) is 5.01 Å². The molecular formula is C22H15N3O2S2. The Balaban J connectivity index is 1.39. The molecular weight excluding hydrogens is 402 g/mol. The van der Waals surface area contributed by atoms with E-state index >= 15 is 0 Å². The lowest BCUT2D eigenvalue weighted by atomic mass is 10.1. The standard InChI is InChI=1S/C22H15N3O2S2/c26-20-12-28-18-9-8-13(11-17(18)24-20)21(27)23-15-5-3-4-14(10-15)22-25-16-6-1-2-7-19(16)29-22/h1-11H,12H2,(H,23,27)(H,24,26). The summed E-state index contributed by atoms with van der Waals surface area (Å²) < 4.78 is 1.13. The van der Waals surface area contributed by atoms with Gasteiger partial charge in [-0.1, -0.05) is 24.3 Å². The van der Waals surface area contributed by atoms with E-state index in [-0.39, 0.29) is 11.8 Å². The number of fused-ring (bicyclic) bond motifs is 2. The second kappa shape index (κ2) is 7.35. The average Bonchev–Trinajstić information content (AvgIpc) is 3.18. The molecule has 0 spiro atoms. The lowest BCUT2D eigenvalue weighted by Gasteiger charge is -2.17. The number of carbonyl (C=O) groups excluding carboxylic acids is 2. The number of nitrogens with one attached hydrogen (secondary N) is 2. The number of carbonyl (C=O) groups is 2. The van der Waals surface area contributed by atoms with Crippen LogP contribution in [0.25, 0.3) is 20.8 Å². The fraction of sp³-hybridized carbons (Fsp3) is 0.0455. The van der Waals surface area contributed by atoms with Crippen molar-refractivity contribution >= 4 is 56.5 Å². The first-order valence-corrected chi connectivity index (χ1v) is 10.8. The first-order valence-electron chi connectivity index (χ1n) is 9.00. The van der Waals surface area contributed by atoms with E-state index in [0.717, 1.165) is 25.7 Å². The van der Waals surface area contributed by atoms with Crippen LogP contribution >= 0.6 is 23.1 Å². The van der Waals surface area contributed by atoms with Gasteiger partial charge in [0.05, 0.1) is 21.7 Å². The number of nitrogens with zero attached hydrogens (tertiary/aromatic N) is 1. The highest BCUT2D eigenvalue weighted by molar-refractivity contribution is 8.00. The minimum absolute atomic E-state index is 0.0522. The van der Waals surface area contributed by atoms with Crippen molar-refractivity contribution in [3.05, 3.63) is 72.3 Å². The Morgan fingerprint density at radius 2 is 1.93 bits per heavy atom. The van der Waals surface area contributed by atoms with Gasteiger partial charge in [-0.25, -0.2) is 4.98 Å². The molecule has 29 heavy (non-hydrogen) atoms. The summed E-state index contributed by atoms with van der Waals surface area (Å²) in [6.07, 6.45) is 0. The number of benzene rings is 3. The van der Waals surface area contributed by atoms with Crippen molar-refractivity contribution in [2.45, 2.75) is 4.90 Å². The molecule has 0 bridgehead atoms. The van der Waals surface area contributed by atoms with E-state index in [2.05, 4.69) is 21.7 Å². The fourth-order valence-corrected chi connectivity index (χ4v) is 4.90. The monoisotopic (exact) mass is 417 g/mol. The van der Waals surface area contributed by atoms with E-state index in [4.69, 9.17) is 0 Å². The van der Waals surface area contributed by atoms with Crippen molar-refractivity contribution < 1.29 is 9.59 Å². The summed E-state index contributed by atoms with van der Waals surface area (Å²) in [5, 5.41) is 6.67. The molecule has 3 aromatic carbocycles. The molecule has 0 fully saturated rings. The number of amides is 2. The Hall–Kier alpha value is -3.16. The molecule has 0 aliphatic carbocycles. The Morgan fingerprint density at radius 1 is 1.03 bits per heavy atom. The van der Waals surface area contributed by atoms with E-state index in [1.807, 2.05) is 48.5 Å². The maximum absolute atomic E-state index is 12.7. The molecule has 5 rings (SSSR count). The third-order valence-electron chi connectivity index (χ3n) is 4.54. The SMILES string of the molecule is O=C1CSc2ccc(C(=O)Nc3cccc(-c4nc5ccccc5s4)c3)cc2N1. The van der Waals surface area contributed by atoms with Gasteiger partial charge >= 0.3 is 0 Å². The largest absolute Gasteiger partial charge is 0.324 e. The molecule has 2 heterocycles. The number of thiazole rings is 1. The van der Waals surface area contributed by atoms with Crippen LogP contribution in [0.1, 0.15) is 10.4 Å². The quantitative estimate of drug-likeness (QED) is 0.477. The lowest BCUT2D eigenvalue weighted by Crippen LogP contribution is -2.19. The van der Waals surface area contributed by atoms with E-state index in [0.29, 0.717) is 22.7 Å². The molecule has 142 valence electrons. The van der Waals surface area contributed by atoms with Crippen LogP contribution in [0.3, 0.4) is 0 Å². The summed E-state index contributed by atoms with van der Waals surface area (Å²) in [5.41, 5.74) is 3.80. The van der Waals surface area contributed by atoms with Crippen LogP contribution in [0, 0.1) is 0 Å². The van der Waals surface area contributed by atoms with Crippen molar-refractivity contribution in [2.75, 3.05) is 16.4 Å². The van der Waals surface area contributed by atoms with Gasteiger partial charge in [-0.05, 0) is 42.5 Å². The lowest BCUT2D eigenvalue weighted by molar-refractivity contribution is -0.113. The summed E-state index contributed by atoms with van der Waals surface area (Å²) in [4.78, 5) is 30.0. The highest BCUT2D eigenvalue weighted by Gasteiger charge is 2.17. The maximum Gasteiger partial charge on any atom is 0.255 e. The van der Waals surface area contributed by atoms with E-state index < -0.39 is 0 Å². The van der Waals surface area contributed by atoms with Gasteiger partial charge in [-0.2, -0.15) is 0 Å². The minimum atomic E-state index is -0.223. The Labute approximate surface area is 175 Å². The predicted octanol–water partition coefficient (Wildman–Crippen LogP) is 5.26. The minimum Gasteiger partial charge on any atom is -0.324 e. The average molecular weight is 418 g/mol. The molecule has 0 atom stereocenters.